The number of rotatable bonds is 7. The Morgan fingerprint density at radius 3 is 2.56 bits per heavy atom. The Bertz CT molecular complexity index is 817. The number of aromatic nitrogens is 2. The number of amides is 1. The molecule has 0 bridgehead atoms. The maximum absolute atomic E-state index is 12.0. The highest BCUT2D eigenvalue weighted by Crippen LogP contribution is 2.15. The predicted octanol–water partition coefficient (Wildman–Crippen LogP) is 1.37. The SMILES string of the molecule is CCOC(=O)Cc1nsc(NC(=O)C(=O)c2ccc([N+](=O)[O-])cc2)n1. The molecule has 1 heterocycles. The molecule has 1 amide bonds. The van der Waals surface area contributed by atoms with Crippen LogP contribution in [0.15, 0.2) is 24.3 Å². The van der Waals surface area contributed by atoms with Crippen molar-refractivity contribution in [3.63, 3.8) is 0 Å². The van der Waals surface area contributed by atoms with E-state index in [0.29, 0.717) is 0 Å². The molecule has 0 radical (unpaired) electrons. The van der Waals surface area contributed by atoms with Crippen molar-refractivity contribution in [3.8, 4) is 0 Å². The number of nitro groups is 1. The Labute approximate surface area is 145 Å². The van der Waals surface area contributed by atoms with Gasteiger partial charge in [0.25, 0.3) is 17.4 Å². The highest BCUT2D eigenvalue weighted by molar-refractivity contribution is 7.10. The molecule has 10 nitrogen and oxygen atoms in total. The van der Waals surface area contributed by atoms with Gasteiger partial charge in [-0.2, -0.15) is 4.37 Å². The van der Waals surface area contributed by atoms with Crippen molar-refractivity contribution >= 4 is 40.0 Å². The van der Waals surface area contributed by atoms with E-state index < -0.39 is 22.6 Å². The standard InChI is InChI=1S/C14H12N4O6S/c1-2-24-11(19)7-10-15-14(25-17-10)16-13(21)12(20)8-3-5-9(6-4-8)18(22)23/h3-6H,2,7H2,1H3,(H,15,16,17,21). The number of hydrogen-bond acceptors (Lipinski definition) is 9. The van der Waals surface area contributed by atoms with Crippen molar-refractivity contribution in [2.24, 2.45) is 0 Å². The molecule has 1 aromatic heterocycles. The molecule has 1 N–H and O–H groups in total. The first-order chi connectivity index (χ1) is 11.9. The Morgan fingerprint density at radius 2 is 1.96 bits per heavy atom. The first-order valence-electron chi connectivity index (χ1n) is 6.99. The molecule has 0 saturated heterocycles. The first kappa shape index (κ1) is 18.1. The van der Waals surface area contributed by atoms with Gasteiger partial charge in [-0.1, -0.05) is 0 Å². The van der Waals surface area contributed by atoms with Gasteiger partial charge in [0, 0.05) is 29.2 Å². The topological polar surface area (TPSA) is 141 Å². The number of nitrogens with zero attached hydrogens (tertiary/aromatic N) is 3. The summed E-state index contributed by atoms with van der Waals surface area (Å²) in [7, 11) is 0. The third-order valence-electron chi connectivity index (χ3n) is 2.84. The van der Waals surface area contributed by atoms with Gasteiger partial charge in [-0.3, -0.25) is 29.8 Å². The second kappa shape index (κ2) is 8.06. The van der Waals surface area contributed by atoms with Crippen LogP contribution in [0.5, 0.6) is 0 Å². The molecule has 11 heteroatoms. The molecule has 25 heavy (non-hydrogen) atoms. The molecule has 0 spiro atoms. The molecule has 0 fully saturated rings. The van der Waals surface area contributed by atoms with E-state index in [4.69, 9.17) is 4.74 Å². The van der Waals surface area contributed by atoms with Crippen molar-refractivity contribution in [2.45, 2.75) is 13.3 Å². The van der Waals surface area contributed by atoms with Crippen LogP contribution in [0.1, 0.15) is 23.1 Å². The molecule has 0 unspecified atom stereocenters. The summed E-state index contributed by atoms with van der Waals surface area (Å²) in [5, 5.41) is 12.9. The zero-order valence-corrected chi connectivity index (χ0v) is 13.7. The summed E-state index contributed by atoms with van der Waals surface area (Å²) in [4.78, 5) is 49.1. The number of carbonyl (C=O) groups excluding carboxylic acids is 3. The van der Waals surface area contributed by atoms with Crippen LogP contribution in [-0.2, 0) is 20.7 Å². The van der Waals surface area contributed by atoms with Gasteiger partial charge < -0.3 is 4.74 Å². The van der Waals surface area contributed by atoms with Gasteiger partial charge in [0.15, 0.2) is 5.82 Å². The number of nitrogens with one attached hydrogen (secondary N) is 1. The van der Waals surface area contributed by atoms with E-state index >= 15 is 0 Å². The van der Waals surface area contributed by atoms with Crippen LogP contribution in [0.2, 0.25) is 0 Å². The highest BCUT2D eigenvalue weighted by atomic mass is 32.1. The summed E-state index contributed by atoms with van der Waals surface area (Å²) in [6.45, 7) is 1.90. The van der Waals surface area contributed by atoms with Crippen molar-refractivity contribution < 1.29 is 24.0 Å². The van der Waals surface area contributed by atoms with E-state index in [1.807, 2.05) is 0 Å². The van der Waals surface area contributed by atoms with Crippen molar-refractivity contribution in [1.29, 1.82) is 0 Å². The fourth-order valence-corrected chi connectivity index (χ4v) is 2.32. The average molecular weight is 364 g/mol. The summed E-state index contributed by atoms with van der Waals surface area (Å²) in [6.07, 6.45) is -0.142. The van der Waals surface area contributed by atoms with Gasteiger partial charge in [-0.15, -0.1) is 0 Å². The number of ether oxygens (including phenoxy) is 1. The first-order valence-corrected chi connectivity index (χ1v) is 7.76. The quantitative estimate of drug-likeness (QED) is 0.255. The third kappa shape index (κ3) is 4.88. The summed E-state index contributed by atoms with van der Waals surface area (Å²) >= 11 is 0.815. The van der Waals surface area contributed by atoms with Crippen molar-refractivity contribution in [3.05, 3.63) is 45.8 Å². The van der Waals surface area contributed by atoms with Gasteiger partial charge in [0.2, 0.25) is 5.13 Å². The minimum atomic E-state index is -0.965. The van der Waals surface area contributed by atoms with Crippen LogP contribution in [0.4, 0.5) is 10.8 Å². The van der Waals surface area contributed by atoms with E-state index in [0.717, 1.165) is 23.7 Å². The van der Waals surface area contributed by atoms with Crippen LogP contribution in [0.3, 0.4) is 0 Å². The number of Topliss-reactive ketones (excluding diaryl/α,β-unsaturated/α-hetero) is 1. The molecular weight excluding hydrogens is 352 g/mol. The van der Waals surface area contributed by atoms with E-state index in [1.54, 1.807) is 6.92 Å². The number of non-ortho nitro benzene ring substituents is 1. The summed E-state index contributed by atoms with van der Waals surface area (Å²) in [5.41, 5.74) is -0.191. The average Bonchev–Trinajstić information content (AvgIpc) is 3.01. The number of hydrogen-bond donors (Lipinski definition) is 1. The molecular formula is C14H12N4O6S. The third-order valence-corrected chi connectivity index (χ3v) is 3.51. The number of nitro benzene ring substituents is 1. The van der Waals surface area contributed by atoms with Crippen LogP contribution >= 0.6 is 11.5 Å². The Hall–Kier alpha value is -3.21. The van der Waals surface area contributed by atoms with Crippen molar-refractivity contribution in [2.75, 3.05) is 11.9 Å². The predicted molar refractivity (Wildman–Crippen MR) is 86.3 cm³/mol. The molecule has 0 atom stereocenters. The minimum absolute atomic E-state index is 0.000590. The summed E-state index contributed by atoms with van der Waals surface area (Å²) in [5.74, 6) is -2.17. The van der Waals surface area contributed by atoms with Gasteiger partial charge in [0.1, 0.15) is 6.42 Å². The van der Waals surface area contributed by atoms with E-state index in [2.05, 4.69) is 14.7 Å². The lowest BCUT2D eigenvalue weighted by Crippen LogP contribution is -2.22. The number of anilines is 1. The molecule has 0 aliphatic rings. The molecule has 1 aromatic carbocycles. The molecule has 0 aliphatic heterocycles. The number of benzene rings is 1. The second-order valence-electron chi connectivity index (χ2n) is 4.58. The van der Waals surface area contributed by atoms with E-state index in [9.17, 15) is 24.5 Å². The highest BCUT2D eigenvalue weighted by Gasteiger charge is 2.19. The molecule has 0 saturated carbocycles. The van der Waals surface area contributed by atoms with Gasteiger partial charge in [-0.05, 0) is 19.1 Å². The maximum atomic E-state index is 12.0. The summed E-state index contributed by atoms with van der Waals surface area (Å²) < 4.78 is 8.64. The van der Waals surface area contributed by atoms with Crippen LogP contribution in [0.25, 0.3) is 0 Å². The monoisotopic (exact) mass is 364 g/mol. The van der Waals surface area contributed by atoms with Gasteiger partial charge >= 0.3 is 5.97 Å². The van der Waals surface area contributed by atoms with Crippen LogP contribution < -0.4 is 5.32 Å². The smallest absolute Gasteiger partial charge is 0.313 e. The molecule has 2 rings (SSSR count). The number of esters is 1. The Kier molecular flexibility index (Phi) is 5.84. The zero-order chi connectivity index (χ0) is 18.4. The van der Waals surface area contributed by atoms with E-state index in [-0.39, 0.29) is 35.2 Å². The Balaban J connectivity index is 1.99. The van der Waals surface area contributed by atoms with Crippen LogP contribution in [-0.4, -0.2) is 38.5 Å². The molecule has 0 aliphatic carbocycles. The summed E-state index contributed by atoms with van der Waals surface area (Å²) in [6, 6.07) is 4.63. The normalized spacial score (nSPS) is 10.1. The minimum Gasteiger partial charge on any atom is -0.466 e. The van der Waals surface area contributed by atoms with Gasteiger partial charge in [0.05, 0.1) is 11.5 Å². The fourth-order valence-electron chi connectivity index (χ4n) is 1.74. The molecule has 2 aromatic rings. The molecule has 130 valence electrons. The van der Waals surface area contributed by atoms with Gasteiger partial charge in [-0.25, -0.2) is 4.98 Å². The second-order valence-corrected chi connectivity index (χ2v) is 5.34. The van der Waals surface area contributed by atoms with Crippen molar-refractivity contribution in [1.82, 2.24) is 9.36 Å². The van der Waals surface area contributed by atoms with Crippen LogP contribution in [0, 0.1) is 10.1 Å². The lowest BCUT2D eigenvalue weighted by molar-refractivity contribution is -0.384. The maximum Gasteiger partial charge on any atom is 0.313 e. The Morgan fingerprint density at radius 1 is 1.28 bits per heavy atom. The largest absolute Gasteiger partial charge is 0.466 e. The zero-order valence-electron chi connectivity index (χ0n) is 12.9. The lowest BCUT2D eigenvalue weighted by atomic mass is 10.1. The van der Waals surface area contributed by atoms with E-state index in [1.165, 1.54) is 12.1 Å². The number of carbonyl (C=O) groups is 3. The fraction of sp³-hybridized carbons (Fsp3) is 0.214. The lowest BCUT2D eigenvalue weighted by Gasteiger charge is -2.00. The number of ketones is 1.